The van der Waals surface area contributed by atoms with Gasteiger partial charge in [-0.15, -0.1) is 13.2 Å². The van der Waals surface area contributed by atoms with Crippen molar-refractivity contribution in [2.75, 3.05) is 12.4 Å². The number of hydrogen-bond donors (Lipinski definition) is 2. The molecule has 1 fully saturated rings. The number of alkyl halides is 6. The van der Waals surface area contributed by atoms with Gasteiger partial charge in [0.25, 0.3) is 11.8 Å². The highest BCUT2D eigenvalue weighted by molar-refractivity contribution is 6.07. The first-order chi connectivity index (χ1) is 18.2. The number of halogens is 6. The van der Waals surface area contributed by atoms with E-state index in [-0.39, 0.29) is 35.6 Å². The minimum atomic E-state index is -4.98. The van der Waals surface area contributed by atoms with E-state index >= 15 is 0 Å². The topological polar surface area (TPSA) is 113 Å². The maximum Gasteiger partial charge on any atom is 0.573 e. The summed E-state index contributed by atoms with van der Waals surface area (Å²) in [6.45, 7) is 0. The Labute approximate surface area is 218 Å². The maximum atomic E-state index is 13.9. The van der Waals surface area contributed by atoms with Crippen molar-refractivity contribution in [3.05, 3.63) is 71.0 Å². The van der Waals surface area contributed by atoms with Crippen molar-refractivity contribution < 1.29 is 51.6 Å². The van der Waals surface area contributed by atoms with Crippen LogP contribution >= 0.6 is 0 Å². The third-order valence-electron chi connectivity index (χ3n) is 5.58. The van der Waals surface area contributed by atoms with E-state index in [0.717, 1.165) is 37.4 Å². The molecule has 0 unspecified atom stereocenters. The van der Waals surface area contributed by atoms with Crippen LogP contribution in [0.25, 0.3) is 0 Å². The van der Waals surface area contributed by atoms with Crippen LogP contribution in [0.1, 0.15) is 52.2 Å². The highest BCUT2D eigenvalue weighted by atomic mass is 19.4. The predicted octanol–water partition coefficient (Wildman–Crippen LogP) is 6.27. The molecule has 1 saturated carbocycles. The zero-order valence-electron chi connectivity index (χ0n) is 19.9. The van der Waals surface area contributed by atoms with Crippen molar-refractivity contribution in [3.63, 3.8) is 0 Å². The second-order valence-electron chi connectivity index (χ2n) is 8.42. The number of anilines is 1. The van der Waals surface area contributed by atoms with Crippen LogP contribution in [0, 0.1) is 0 Å². The molecule has 0 aliphatic heterocycles. The molecule has 1 aliphatic carbocycles. The van der Waals surface area contributed by atoms with Gasteiger partial charge in [-0.3, -0.25) is 14.6 Å². The first kappa shape index (κ1) is 27.5. The molecule has 0 bridgehead atoms. The SMILES string of the molecule is COc1cc(OC(F)(F)F)ccc1Oc1cc(C2CC2)c(C(F)(F)F)cc1C(=O)Nc1ccnc(C(N)=O)c1.[HH]. The molecule has 208 valence electrons. The average molecular weight is 557 g/mol. The highest BCUT2D eigenvalue weighted by Crippen LogP contribution is 2.49. The van der Waals surface area contributed by atoms with Gasteiger partial charge < -0.3 is 25.3 Å². The van der Waals surface area contributed by atoms with Crippen LogP contribution in [-0.4, -0.2) is 30.3 Å². The quantitative estimate of drug-likeness (QED) is 0.316. The van der Waals surface area contributed by atoms with Gasteiger partial charge in [-0.2, -0.15) is 13.2 Å². The third-order valence-corrected chi connectivity index (χ3v) is 5.58. The number of hydrogen-bond acceptors (Lipinski definition) is 6. The molecule has 0 radical (unpaired) electrons. The Bertz CT molecular complexity index is 1430. The first-order valence-corrected chi connectivity index (χ1v) is 11.2. The molecule has 14 heteroatoms. The van der Waals surface area contributed by atoms with Crippen molar-refractivity contribution >= 4 is 17.5 Å². The molecule has 0 atom stereocenters. The van der Waals surface area contributed by atoms with Gasteiger partial charge in [0, 0.05) is 19.4 Å². The van der Waals surface area contributed by atoms with E-state index in [0.29, 0.717) is 18.9 Å². The number of carbonyl (C=O) groups excluding carboxylic acids is 2. The van der Waals surface area contributed by atoms with Crippen LogP contribution < -0.4 is 25.3 Å². The molecular weight excluding hydrogens is 536 g/mol. The number of carbonyl (C=O) groups is 2. The molecule has 4 rings (SSSR count). The number of benzene rings is 2. The van der Waals surface area contributed by atoms with Gasteiger partial charge in [-0.05, 0) is 60.7 Å². The van der Waals surface area contributed by atoms with E-state index < -0.39 is 47.1 Å². The minimum absolute atomic E-state index is 0. The summed E-state index contributed by atoms with van der Waals surface area (Å²) in [5.41, 5.74) is 3.33. The molecule has 0 saturated heterocycles. The number of amides is 2. The zero-order chi connectivity index (χ0) is 28.5. The number of rotatable bonds is 8. The van der Waals surface area contributed by atoms with Crippen LogP contribution in [0.3, 0.4) is 0 Å². The molecule has 3 aromatic rings. The van der Waals surface area contributed by atoms with Crippen LogP contribution in [0.2, 0.25) is 0 Å². The second kappa shape index (κ2) is 10.3. The second-order valence-corrected chi connectivity index (χ2v) is 8.42. The Hall–Kier alpha value is -4.49. The number of pyridine rings is 1. The zero-order valence-corrected chi connectivity index (χ0v) is 19.9. The summed E-state index contributed by atoms with van der Waals surface area (Å²) in [7, 11) is 1.13. The number of aromatic nitrogens is 1. The molecule has 1 aromatic heterocycles. The van der Waals surface area contributed by atoms with E-state index in [1.54, 1.807) is 0 Å². The van der Waals surface area contributed by atoms with E-state index in [9.17, 15) is 35.9 Å². The number of primary amides is 1. The molecule has 0 spiro atoms. The summed E-state index contributed by atoms with van der Waals surface area (Å²) in [5, 5.41) is 2.38. The largest absolute Gasteiger partial charge is 0.573 e. The summed E-state index contributed by atoms with van der Waals surface area (Å²) in [6.07, 6.45) is -7.62. The molecule has 2 aromatic carbocycles. The van der Waals surface area contributed by atoms with Gasteiger partial charge in [0.1, 0.15) is 17.2 Å². The third kappa shape index (κ3) is 6.69. The number of ether oxygens (including phenoxy) is 3. The Morgan fingerprint density at radius 3 is 2.31 bits per heavy atom. The molecule has 1 aliphatic rings. The van der Waals surface area contributed by atoms with Gasteiger partial charge in [0.15, 0.2) is 11.5 Å². The average Bonchev–Trinajstić information content (AvgIpc) is 3.68. The first-order valence-electron chi connectivity index (χ1n) is 11.2. The van der Waals surface area contributed by atoms with Crippen LogP contribution in [0.15, 0.2) is 48.7 Å². The Morgan fingerprint density at radius 2 is 1.72 bits per heavy atom. The highest BCUT2D eigenvalue weighted by Gasteiger charge is 2.40. The molecule has 3 N–H and O–H groups in total. The lowest BCUT2D eigenvalue weighted by atomic mass is 9.98. The van der Waals surface area contributed by atoms with Gasteiger partial charge in [0.2, 0.25) is 0 Å². The fourth-order valence-electron chi connectivity index (χ4n) is 3.72. The smallest absolute Gasteiger partial charge is 0.493 e. The molecular formula is C25H21F6N3O5. The Morgan fingerprint density at radius 1 is 1.00 bits per heavy atom. The van der Waals surface area contributed by atoms with Crippen molar-refractivity contribution in [2.45, 2.75) is 31.3 Å². The van der Waals surface area contributed by atoms with Crippen LogP contribution in [0.4, 0.5) is 32.0 Å². The number of nitrogens with one attached hydrogen (secondary N) is 1. The number of nitrogens with two attached hydrogens (primary N) is 1. The fourth-order valence-corrected chi connectivity index (χ4v) is 3.72. The fraction of sp³-hybridized carbons (Fsp3) is 0.240. The minimum Gasteiger partial charge on any atom is -0.493 e. The van der Waals surface area contributed by atoms with Crippen molar-refractivity contribution in [1.82, 2.24) is 4.98 Å². The molecule has 1 heterocycles. The molecule has 2 amide bonds. The van der Waals surface area contributed by atoms with Gasteiger partial charge >= 0.3 is 12.5 Å². The monoisotopic (exact) mass is 557 g/mol. The number of nitrogens with zero attached hydrogens (tertiary/aromatic N) is 1. The van der Waals surface area contributed by atoms with Crippen LogP contribution in [0.5, 0.6) is 23.0 Å². The van der Waals surface area contributed by atoms with Gasteiger partial charge in [0.05, 0.1) is 18.2 Å². The summed E-state index contributed by atoms with van der Waals surface area (Å²) in [6, 6.07) is 6.98. The van der Waals surface area contributed by atoms with Crippen molar-refractivity contribution in [3.8, 4) is 23.0 Å². The van der Waals surface area contributed by atoms with Gasteiger partial charge in [-0.1, -0.05) is 0 Å². The van der Waals surface area contributed by atoms with E-state index in [1.165, 1.54) is 12.3 Å². The van der Waals surface area contributed by atoms with Gasteiger partial charge in [-0.25, -0.2) is 0 Å². The Kier molecular flexibility index (Phi) is 7.31. The Balaban J connectivity index is 0.00000441. The summed E-state index contributed by atoms with van der Waals surface area (Å²) in [4.78, 5) is 28.3. The standard InChI is InChI=1S/C25H19F6N3O5.H2/c1-37-21-9-14(39-25(29,30)31)4-5-19(21)38-20-11-15(12-2-3-12)17(24(26,27)28)10-16(20)23(36)34-13-6-7-33-18(8-13)22(32)35;/h4-12H,2-3H2,1H3,(H2,32,35)(H,33,34,36);1H. The van der Waals surface area contributed by atoms with E-state index in [4.69, 9.17) is 15.2 Å². The lowest BCUT2D eigenvalue weighted by molar-refractivity contribution is -0.274. The molecule has 39 heavy (non-hydrogen) atoms. The van der Waals surface area contributed by atoms with E-state index in [2.05, 4.69) is 15.0 Å². The maximum absolute atomic E-state index is 13.9. The van der Waals surface area contributed by atoms with E-state index in [1.807, 2.05) is 0 Å². The molecule has 8 nitrogen and oxygen atoms in total. The summed E-state index contributed by atoms with van der Waals surface area (Å²) in [5.74, 6) is -3.71. The predicted molar refractivity (Wildman–Crippen MR) is 126 cm³/mol. The van der Waals surface area contributed by atoms with Crippen LogP contribution in [-0.2, 0) is 6.18 Å². The summed E-state index contributed by atoms with van der Waals surface area (Å²) < 4.78 is 94.4. The lowest BCUT2D eigenvalue weighted by Crippen LogP contribution is -2.18. The number of methoxy groups -OCH3 is 1. The van der Waals surface area contributed by atoms with Crippen molar-refractivity contribution in [1.29, 1.82) is 0 Å². The summed E-state index contributed by atoms with van der Waals surface area (Å²) >= 11 is 0. The normalized spacial score (nSPS) is 13.5. The lowest BCUT2D eigenvalue weighted by Gasteiger charge is -2.19. The van der Waals surface area contributed by atoms with Crippen molar-refractivity contribution in [2.24, 2.45) is 5.73 Å².